The number of nitrogens with one attached hydrogen (secondary N) is 1. The molecule has 0 spiro atoms. The van der Waals surface area contributed by atoms with Gasteiger partial charge in [0.2, 0.25) is 0 Å². The Bertz CT molecular complexity index is 435. The van der Waals surface area contributed by atoms with Crippen LogP contribution in [0.25, 0.3) is 0 Å². The van der Waals surface area contributed by atoms with Crippen LogP contribution in [-0.2, 0) is 6.42 Å². The second-order valence-electron chi connectivity index (χ2n) is 2.12. The molecule has 12 heavy (non-hydrogen) atoms. The standard InChI is InChI=1S/C7H6N2O3/c1-2-3-5-4-8-7(11)9(12)6(5)10/h1,4,12H,3H2,(H,8,11). The topological polar surface area (TPSA) is 75.1 Å². The first kappa shape index (κ1) is 8.14. The summed E-state index contributed by atoms with van der Waals surface area (Å²) in [5.41, 5.74) is -1.47. The molecule has 1 rings (SSSR count). The fourth-order valence-corrected chi connectivity index (χ4v) is 0.737. The molecule has 1 aromatic rings. The van der Waals surface area contributed by atoms with Crippen molar-refractivity contribution in [1.29, 1.82) is 0 Å². The van der Waals surface area contributed by atoms with Gasteiger partial charge in [-0.25, -0.2) is 4.79 Å². The smallest absolute Gasteiger partial charge is 0.361 e. The molecule has 0 aliphatic heterocycles. The Kier molecular flexibility index (Phi) is 2.01. The highest BCUT2D eigenvalue weighted by Gasteiger charge is 2.03. The number of hydrogen-bond donors (Lipinski definition) is 2. The fourth-order valence-electron chi connectivity index (χ4n) is 0.737. The van der Waals surface area contributed by atoms with Crippen LogP contribution >= 0.6 is 0 Å². The van der Waals surface area contributed by atoms with Crippen molar-refractivity contribution >= 4 is 0 Å². The minimum Gasteiger partial charge on any atom is -0.421 e. The van der Waals surface area contributed by atoms with E-state index in [1.165, 1.54) is 6.20 Å². The summed E-state index contributed by atoms with van der Waals surface area (Å²) >= 11 is 0. The van der Waals surface area contributed by atoms with Crippen LogP contribution in [0.4, 0.5) is 0 Å². The Balaban J connectivity index is 3.39. The SMILES string of the molecule is C#CCc1c[nH]c(=O)n(O)c1=O. The van der Waals surface area contributed by atoms with Crippen molar-refractivity contribution in [3.8, 4) is 12.3 Å². The first-order valence-corrected chi connectivity index (χ1v) is 3.13. The van der Waals surface area contributed by atoms with Crippen LogP contribution in [0.3, 0.4) is 0 Å². The predicted molar refractivity (Wildman–Crippen MR) is 41.0 cm³/mol. The number of aromatic amines is 1. The average Bonchev–Trinajstić information content (AvgIpc) is 2.07. The van der Waals surface area contributed by atoms with Gasteiger partial charge in [-0.05, 0) is 0 Å². The van der Waals surface area contributed by atoms with Crippen molar-refractivity contribution in [1.82, 2.24) is 9.71 Å². The lowest BCUT2D eigenvalue weighted by Crippen LogP contribution is -2.34. The van der Waals surface area contributed by atoms with Gasteiger partial charge in [-0.15, -0.1) is 12.3 Å². The zero-order valence-electron chi connectivity index (χ0n) is 6.07. The van der Waals surface area contributed by atoms with Crippen molar-refractivity contribution < 1.29 is 5.21 Å². The van der Waals surface area contributed by atoms with Crippen LogP contribution in [0.15, 0.2) is 15.8 Å². The van der Waals surface area contributed by atoms with E-state index in [9.17, 15) is 9.59 Å². The van der Waals surface area contributed by atoms with Crippen molar-refractivity contribution in [2.24, 2.45) is 0 Å². The van der Waals surface area contributed by atoms with E-state index in [-0.39, 0.29) is 16.7 Å². The van der Waals surface area contributed by atoms with Crippen LogP contribution in [0.1, 0.15) is 5.56 Å². The molecule has 5 heteroatoms. The number of rotatable bonds is 1. The molecule has 0 atom stereocenters. The van der Waals surface area contributed by atoms with Crippen LogP contribution < -0.4 is 11.2 Å². The molecule has 0 radical (unpaired) electrons. The molecule has 1 heterocycles. The lowest BCUT2D eigenvalue weighted by molar-refractivity contribution is 0.159. The molecule has 5 nitrogen and oxygen atoms in total. The molecule has 62 valence electrons. The lowest BCUT2D eigenvalue weighted by Gasteiger charge is -1.95. The van der Waals surface area contributed by atoms with E-state index in [4.69, 9.17) is 11.6 Å². The third-order valence-electron chi connectivity index (χ3n) is 1.32. The number of nitrogens with zero attached hydrogens (tertiary/aromatic N) is 1. The van der Waals surface area contributed by atoms with E-state index in [0.29, 0.717) is 0 Å². The summed E-state index contributed by atoms with van der Waals surface area (Å²) in [6.07, 6.45) is 6.22. The van der Waals surface area contributed by atoms with Gasteiger partial charge in [0.25, 0.3) is 5.56 Å². The van der Waals surface area contributed by atoms with Gasteiger partial charge in [-0.3, -0.25) is 4.79 Å². The maximum atomic E-state index is 11.0. The molecule has 2 N–H and O–H groups in total. The van der Waals surface area contributed by atoms with Crippen LogP contribution in [0.5, 0.6) is 0 Å². The molecular formula is C7H6N2O3. The quantitative estimate of drug-likeness (QED) is 0.413. The van der Waals surface area contributed by atoms with E-state index in [1.807, 2.05) is 0 Å². The van der Waals surface area contributed by atoms with Crippen LogP contribution in [-0.4, -0.2) is 14.9 Å². The van der Waals surface area contributed by atoms with Gasteiger partial charge < -0.3 is 10.2 Å². The van der Waals surface area contributed by atoms with Crippen LogP contribution in [0, 0.1) is 12.3 Å². The summed E-state index contributed by atoms with van der Waals surface area (Å²) in [5.74, 6) is 2.23. The Hall–Kier alpha value is -1.96. The van der Waals surface area contributed by atoms with Crippen molar-refractivity contribution in [2.45, 2.75) is 6.42 Å². The monoisotopic (exact) mass is 166 g/mol. The fraction of sp³-hybridized carbons (Fsp3) is 0.143. The van der Waals surface area contributed by atoms with Gasteiger partial charge in [-0.2, -0.15) is 0 Å². The summed E-state index contributed by atoms with van der Waals surface area (Å²) in [6.45, 7) is 0. The Morgan fingerprint density at radius 3 is 2.92 bits per heavy atom. The molecule has 0 unspecified atom stereocenters. The Labute approximate surface area is 67.2 Å². The third-order valence-corrected chi connectivity index (χ3v) is 1.32. The van der Waals surface area contributed by atoms with Gasteiger partial charge in [0.15, 0.2) is 0 Å². The van der Waals surface area contributed by atoms with Crippen LogP contribution in [0.2, 0.25) is 0 Å². The third kappa shape index (κ3) is 1.22. The van der Waals surface area contributed by atoms with Crippen molar-refractivity contribution in [2.75, 3.05) is 0 Å². The van der Waals surface area contributed by atoms with Gasteiger partial charge in [0.1, 0.15) is 0 Å². The number of aromatic nitrogens is 2. The summed E-state index contributed by atoms with van der Waals surface area (Å²) in [5, 5.41) is 8.81. The number of H-pyrrole nitrogens is 1. The molecule has 0 aromatic carbocycles. The minimum atomic E-state index is -0.874. The molecule has 1 aromatic heterocycles. The molecular weight excluding hydrogens is 160 g/mol. The van der Waals surface area contributed by atoms with Gasteiger partial charge in [0.05, 0.1) is 0 Å². The predicted octanol–water partition coefficient (Wildman–Crippen LogP) is -1.05. The first-order chi connectivity index (χ1) is 5.66. The minimum absolute atomic E-state index is 0.00727. The number of terminal acetylenes is 1. The summed E-state index contributed by atoms with van der Waals surface area (Å²) in [6, 6.07) is 0. The molecule has 0 saturated carbocycles. The maximum Gasteiger partial charge on any atom is 0.361 e. The van der Waals surface area contributed by atoms with Crippen molar-refractivity contribution in [3.05, 3.63) is 32.6 Å². The second-order valence-corrected chi connectivity index (χ2v) is 2.12. The van der Waals surface area contributed by atoms with Crippen molar-refractivity contribution in [3.63, 3.8) is 0 Å². The zero-order valence-corrected chi connectivity index (χ0v) is 6.07. The number of hydrogen-bond acceptors (Lipinski definition) is 3. The largest absolute Gasteiger partial charge is 0.421 e. The molecule has 0 fully saturated rings. The van der Waals surface area contributed by atoms with E-state index >= 15 is 0 Å². The highest BCUT2D eigenvalue weighted by molar-refractivity contribution is 5.11. The second kappa shape index (κ2) is 2.96. The lowest BCUT2D eigenvalue weighted by atomic mass is 10.2. The van der Waals surface area contributed by atoms with E-state index < -0.39 is 11.2 Å². The summed E-state index contributed by atoms with van der Waals surface area (Å²) < 4.78 is -0.00727. The maximum absolute atomic E-state index is 11.0. The Morgan fingerprint density at radius 1 is 1.67 bits per heavy atom. The molecule has 0 amide bonds. The van der Waals surface area contributed by atoms with E-state index in [2.05, 4.69) is 10.9 Å². The first-order valence-electron chi connectivity index (χ1n) is 3.13. The molecule has 0 aliphatic rings. The summed E-state index contributed by atoms with van der Waals surface area (Å²) in [7, 11) is 0. The summed E-state index contributed by atoms with van der Waals surface area (Å²) in [4.78, 5) is 23.7. The zero-order chi connectivity index (χ0) is 9.14. The van der Waals surface area contributed by atoms with E-state index in [0.717, 1.165) is 0 Å². The van der Waals surface area contributed by atoms with Gasteiger partial charge >= 0.3 is 5.69 Å². The normalized spacial score (nSPS) is 9.25. The van der Waals surface area contributed by atoms with E-state index in [1.54, 1.807) is 0 Å². The average molecular weight is 166 g/mol. The highest BCUT2D eigenvalue weighted by atomic mass is 16.5. The van der Waals surface area contributed by atoms with Gasteiger partial charge in [-0.1, -0.05) is 4.73 Å². The molecule has 0 saturated heterocycles. The molecule has 0 bridgehead atoms. The molecule has 0 aliphatic carbocycles. The Morgan fingerprint density at radius 2 is 2.33 bits per heavy atom. The van der Waals surface area contributed by atoms with Gasteiger partial charge in [0, 0.05) is 18.2 Å². The highest BCUT2D eigenvalue weighted by Crippen LogP contribution is 1.84.